The van der Waals surface area contributed by atoms with E-state index < -0.39 is 0 Å². The van der Waals surface area contributed by atoms with Crippen molar-refractivity contribution < 1.29 is 9.26 Å². The van der Waals surface area contributed by atoms with E-state index in [4.69, 9.17) is 9.26 Å². The maximum Gasteiger partial charge on any atom is 0.226 e. The van der Waals surface area contributed by atoms with Gasteiger partial charge in [-0.1, -0.05) is 24.2 Å². The fourth-order valence-electron chi connectivity index (χ4n) is 1.35. The van der Waals surface area contributed by atoms with Crippen molar-refractivity contribution in [2.75, 3.05) is 0 Å². The van der Waals surface area contributed by atoms with Crippen LogP contribution in [0, 0.1) is 6.92 Å². The molecule has 0 saturated heterocycles. The standard InChI is InChI=1S/C12H14N2O2/c1-3-12-13-11(14-16-12)8-15-10-6-4-5-9(2)7-10/h4-7H,3,8H2,1-2H3. The van der Waals surface area contributed by atoms with E-state index in [1.807, 2.05) is 38.1 Å². The minimum absolute atomic E-state index is 0.340. The molecule has 0 fully saturated rings. The zero-order valence-electron chi connectivity index (χ0n) is 9.43. The molecule has 0 aliphatic carbocycles. The van der Waals surface area contributed by atoms with Crippen molar-refractivity contribution in [3.8, 4) is 5.75 Å². The van der Waals surface area contributed by atoms with Crippen LogP contribution in [-0.4, -0.2) is 10.1 Å². The Morgan fingerprint density at radius 1 is 1.38 bits per heavy atom. The molecule has 0 aliphatic rings. The molecule has 4 nitrogen and oxygen atoms in total. The molecule has 0 unspecified atom stereocenters. The number of aryl methyl sites for hydroxylation is 2. The van der Waals surface area contributed by atoms with Crippen molar-refractivity contribution in [3.63, 3.8) is 0 Å². The number of rotatable bonds is 4. The minimum Gasteiger partial charge on any atom is -0.485 e. The van der Waals surface area contributed by atoms with Gasteiger partial charge in [0, 0.05) is 6.42 Å². The highest BCUT2D eigenvalue weighted by molar-refractivity contribution is 5.27. The van der Waals surface area contributed by atoms with E-state index in [0.717, 1.165) is 12.2 Å². The first kappa shape index (κ1) is 10.7. The van der Waals surface area contributed by atoms with Gasteiger partial charge in [-0.3, -0.25) is 0 Å². The highest BCUT2D eigenvalue weighted by Gasteiger charge is 2.04. The van der Waals surface area contributed by atoms with E-state index in [0.29, 0.717) is 18.3 Å². The molecular formula is C12H14N2O2. The van der Waals surface area contributed by atoms with Gasteiger partial charge < -0.3 is 9.26 Å². The average molecular weight is 218 g/mol. The number of hydrogen-bond donors (Lipinski definition) is 0. The van der Waals surface area contributed by atoms with Crippen LogP contribution in [-0.2, 0) is 13.0 Å². The molecule has 0 N–H and O–H groups in total. The van der Waals surface area contributed by atoms with Gasteiger partial charge in [-0.05, 0) is 24.6 Å². The van der Waals surface area contributed by atoms with Gasteiger partial charge in [0.05, 0.1) is 0 Å². The van der Waals surface area contributed by atoms with Gasteiger partial charge in [0.15, 0.2) is 6.61 Å². The van der Waals surface area contributed by atoms with Crippen LogP contribution in [0.2, 0.25) is 0 Å². The van der Waals surface area contributed by atoms with Crippen LogP contribution in [0.25, 0.3) is 0 Å². The summed E-state index contributed by atoms with van der Waals surface area (Å²) < 4.78 is 10.5. The van der Waals surface area contributed by atoms with Crippen LogP contribution < -0.4 is 4.74 Å². The van der Waals surface area contributed by atoms with Gasteiger partial charge in [0.1, 0.15) is 5.75 Å². The van der Waals surface area contributed by atoms with Crippen LogP contribution in [0.1, 0.15) is 24.2 Å². The van der Waals surface area contributed by atoms with Crippen molar-refractivity contribution in [2.24, 2.45) is 0 Å². The van der Waals surface area contributed by atoms with Crippen LogP contribution in [0.3, 0.4) is 0 Å². The third kappa shape index (κ3) is 2.59. The second-order valence-electron chi connectivity index (χ2n) is 3.56. The number of ether oxygens (including phenoxy) is 1. The maximum absolute atomic E-state index is 5.55. The molecule has 1 heterocycles. The molecule has 0 spiro atoms. The number of aromatic nitrogens is 2. The number of nitrogens with zero attached hydrogens (tertiary/aromatic N) is 2. The first-order valence-electron chi connectivity index (χ1n) is 5.29. The Bertz CT molecular complexity index is 466. The Hall–Kier alpha value is -1.84. The van der Waals surface area contributed by atoms with E-state index in [9.17, 15) is 0 Å². The fourth-order valence-corrected chi connectivity index (χ4v) is 1.35. The summed E-state index contributed by atoms with van der Waals surface area (Å²) in [5, 5.41) is 3.81. The Labute approximate surface area is 94.2 Å². The average Bonchev–Trinajstić information content (AvgIpc) is 2.74. The summed E-state index contributed by atoms with van der Waals surface area (Å²) in [6.45, 7) is 4.34. The van der Waals surface area contributed by atoms with Crippen LogP contribution in [0.15, 0.2) is 28.8 Å². The largest absolute Gasteiger partial charge is 0.485 e. The molecular weight excluding hydrogens is 204 g/mol. The van der Waals surface area contributed by atoms with Crippen molar-refractivity contribution in [2.45, 2.75) is 26.9 Å². The first-order chi connectivity index (χ1) is 7.78. The van der Waals surface area contributed by atoms with E-state index in [1.54, 1.807) is 0 Å². The summed E-state index contributed by atoms with van der Waals surface area (Å²) in [7, 11) is 0. The van der Waals surface area contributed by atoms with Gasteiger partial charge in [-0.15, -0.1) is 0 Å². The monoisotopic (exact) mass is 218 g/mol. The molecule has 1 aromatic carbocycles. The SMILES string of the molecule is CCc1nc(COc2cccc(C)c2)no1. The first-order valence-corrected chi connectivity index (χ1v) is 5.29. The fraction of sp³-hybridized carbons (Fsp3) is 0.333. The van der Waals surface area contributed by atoms with E-state index in [2.05, 4.69) is 10.1 Å². The lowest BCUT2D eigenvalue weighted by atomic mass is 10.2. The molecule has 0 amide bonds. The lowest BCUT2D eigenvalue weighted by molar-refractivity contribution is 0.285. The molecule has 16 heavy (non-hydrogen) atoms. The smallest absolute Gasteiger partial charge is 0.226 e. The van der Waals surface area contributed by atoms with Crippen LogP contribution in [0.5, 0.6) is 5.75 Å². The Balaban J connectivity index is 1.96. The van der Waals surface area contributed by atoms with Crippen LogP contribution >= 0.6 is 0 Å². The lowest BCUT2D eigenvalue weighted by Gasteiger charge is -2.03. The van der Waals surface area contributed by atoms with Gasteiger partial charge in [0.25, 0.3) is 0 Å². The Morgan fingerprint density at radius 2 is 2.25 bits per heavy atom. The van der Waals surface area contributed by atoms with Crippen molar-refractivity contribution in [1.29, 1.82) is 0 Å². The van der Waals surface area contributed by atoms with E-state index >= 15 is 0 Å². The molecule has 0 atom stereocenters. The highest BCUT2D eigenvalue weighted by atomic mass is 16.5. The topological polar surface area (TPSA) is 48.2 Å². The molecule has 2 aromatic rings. The molecule has 1 aromatic heterocycles. The van der Waals surface area contributed by atoms with E-state index in [-0.39, 0.29) is 0 Å². The van der Waals surface area contributed by atoms with Gasteiger partial charge in [-0.2, -0.15) is 4.98 Å². The molecule has 0 saturated carbocycles. The zero-order valence-corrected chi connectivity index (χ0v) is 9.43. The quantitative estimate of drug-likeness (QED) is 0.791. The van der Waals surface area contributed by atoms with Gasteiger partial charge in [0.2, 0.25) is 11.7 Å². The molecule has 0 bridgehead atoms. The second kappa shape index (κ2) is 4.79. The Morgan fingerprint density at radius 3 is 2.94 bits per heavy atom. The number of hydrogen-bond acceptors (Lipinski definition) is 4. The molecule has 0 radical (unpaired) electrons. The third-order valence-corrected chi connectivity index (χ3v) is 2.17. The summed E-state index contributed by atoms with van der Waals surface area (Å²) in [6, 6.07) is 7.86. The normalized spacial score (nSPS) is 10.4. The van der Waals surface area contributed by atoms with Gasteiger partial charge in [-0.25, -0.2) is 0 Å². The molecule has 2 rings (SSSR count). The highest BCUT2D eigenvalue weighted by Crippen LogP contribution is 2.13. The predicted molar refractivity (Wildman–Crippen MR) is 59.2 cm³/mol. The maximum atomic E-state index is 5.55. The van der Waals surface area contributed by atoms with Gasteiger partial charge >= 0.3 is 0 Å². The predicted octanol–water partition coefficient (Wildman–Crippen LogP) is 2.52. The molecule has 4 heteroatoms. The van der Waals surface area contributed by atoms with Crippen LogP contribution in [0.4, 0.5) is 0 Å². The lowest BCUT2D eigenvalue weighted by Crippen LogP contribution is -1.97. The minimum atomic E-state index is 0.340. The summed E-state index contributed by atoms with van der Waals surface area (Å²) in [5.41, 5.74) is 1.17. The van der Waals surface area contributed by atoms with E-state index in [1.165, 1.54) is 5.56 Å². The van der Waals surface area contributed by atoms with Crippen molar-refractivity contribution in [1.82, 2.24) is 10.1 Å². The van der Waals surface area contributed by atoms with Crippen molar-refractivity contribution >= 4 is 0 Å². The summed E-state index contributed by atoms with van der Waals surface area (Å²) in [6.07, 6.45) is 0.747. The van der Waals surface area contributed by atoms with Crippen molar-refractivity contribution in [3.05, 3.63) is 41.5 Å². The zero-order chi connectivity index (χ0) is 11.4. The summed E-state index contributed by atoms with van der Waals surface area (Å²) in [4.78, 5) is 4.16. The second-order valence-corrected chi connectivity index (χ2v) is 3.56. The molecule has 0 aliphatic heterocycles. The summed E-state index contributed by atoms with van der Waals surface area (Å²) in [5.74, 6) is 2.05. The summed E-state index contributed by atoms with van der Waals surface area (Å²) >= 11 is 0. The number of benzene rings is 1. The third-order valence-electron chi connectivity index (χ3n) is 2.17. The molecule has 84 valence electrons. The Kier molecular flexibility index (Phi) is 3.19.